The zero-order chi connectivity index (χ0) is 19.2. The van der Waals surface area contributed by atoms with Gasteiger partial charge in [0.1, 0.15) is 5.82 Å². The summed E-state index contributed by atoms with van der Waals surface area (Å²) >= 11 is 1.51. The van der Waals surface area contributed by atoms with Crippen molar-refractivity contribution in [2.75, 3.05) is 11.1 Å². The van der Waals surface area contributed by atoms with E-state index in [1.807, 2.05) is 62.4 Å². The Morgan fingerprint density at radius 3 is 2.74 bits per heavy atom. The van der Waals surface area contributed by atoms with Gasteiger partial charge in [-0.25, -0.2) is 4.98 Å². The molecule has 1 amide bonds. The molecule has 0 saturated heterocycles. The van der Waals surface area contributed by atoms with Crippen molar-refractivity contribution in [2.45, 2.75) is 25.2 Å². The first kappa shape index (κ1) is 18.9. The second-order valence-corrected chi connectivity index (χ2v) is 7.14. The molecule has 1 aromatic heterocycles. The number of nitrogens with zero attached hydrogens (tertiary/aromatic N) is 1. The van der Waals surface area contributed by atoms with Gasteiger partial charge in [-0.15, -0.1) is 11.8 Å². The molecular weight excluding hydrogens is 358 g/mol. The smallest absolute Gasteiger partial charge is 0.251 e. The maximum absolute atomic E-state index is 12.3. The van der Waals surface area contributed by atoms with Crippen LogP contribution < -0.4 is 10.9 Å². The highest BCUT2D eigenvalue weighted by molar-refractivity contribution is 8.00. The number of anilines is 1. The fourth-order valence-corrected chi connectivity index (χ4v) is 3.46. The van der Waals surface area contributed by atoms with E-state index in [1.54, 1.807) is 0 Å². The molecule has 2 N–H and O–H groups in total. The van der Waals surface area contributed by atoms with Crippen molar-refractivity contribution >= 4 is 23.4 Å². The van der Waals surface area contributed by atoms with E-state index in [9.17, 15) is 9.59 Å². The number of carbonyl (C=O) groups excluding carboxylic acids is 1. The molecule has 6 heteroatoms. The number of H-pyrrole nitrogens is 1. The van der Waals surface area contributed by atoms with Gasteiger partial charge in [-0.3, -0.25) is 9.59 Å². The summed E-state index contributed by atoms with van der Waals surface area (Å²) in [4.78, 5) is 32.4. The minimum absolute atomic E-state index is 0.0795. The number of hydrogen-bond donors (Lipinski definition) is 2. The van der Waals surface area contributed by atoms with Crippen molar-refractivity contribution in [2.24, 2.45) is 0 Å². The van der Waals surface area contributed by atoms with Crippen molar-refractivity contribution < 1.29 is 4.79 Å². The molecule has 0 bridgehead atoms. The third kappa shape index (κ3) is 5.08. The fraction of sp³-hybridized carbons (Fsp3) is 0.190. The Kier molecular flexibility index (Phi) is 6.08. The second kappa shape index (κ2) is 8.68. The van der Waals surface area contributed by atoms with Crippen molar-refractivity contribution in [3.05, 3.63) is 76.2 Å². The molecule has 0 saturated carbocycles. The standard InChI is InChI=1S/C21H21N3O2S/c1-3-16-12-19(25)24-21(23-16)15-8-6-9-17(11-15)22-20(26)13-27-18-10-5-4-7-14(18)2/h4-12H,3,13H2,1-2H3,(H,22,26)(H,23,24,25). The number of aryl methyl sites for hydroxylation is 2. The minimum atomic E-state index is -0.180. The van der Waals surface area contributed by atoms with E-state index in [4.69, 9.17) is 0 Å². The Balaban J connectivity index is 1.70. The monoisotopic (exact) mass is 379 g/mol. The van der Waals surface area contributed by atoms with E-state index in [1.165, 1.54) is 17.8 Å². The Morgan fingerprint density at radius 2 is 1.96 bits per heavy atom. The third-order valence-electron chi connectivity index (χ3n) is 4.03. The molecule has 0 unspecified atom stereocenters. The lowest BCUT2D eigenvalue weighted by Gasteiger charge is -2.09. The molecule has 3 rings (SSSR count). The number of hydrogen-bond acceptors (Lipinski definition) is 4. The number of nitrogens with one attached hydrogen (secondary N) is 2. The molecule has 138 valence electrons. The van der Waals surface area contributed by atoms with E-state index in [-0.39, 0.29) is 11.5 Å². The first-order valence-electron chi connectivity index (χ1n) is 8.74. The summed E-state index contributed by atoms with van der Waals surface area (Å²) in [7, 11) is 0. The van der Waals surface area contributed by atoms with Gasteiger partial charge in [-0.1, -0.05) is 37.3 Å². The highest BCUT2D eigenvalue weighted by atomic mass is 32.2. The van der Waals surface area contributed by atoms with Gasteiger partial charge in [-0.2, -0.15) is 0 Å². The van der Waals surface area contributed by atoms with E-state index in [0.717, 1.165) is 21.7 Å². The molecule has 2 aromatic carbocycles. The summed E-state index contributed by atoms with van der Waals surface area (Å²) in [5.41, 5.74) is 3.14. The highest BCUT2D eigenvalue weighted by Gasteiger charge is 2.08. The molecule has 0 aliphatic carbocycles. The van der Waals surface area contributed by atoms with Gasteiger partial charge in [-0.05, 0) is 37.1 Å². The lowest BCUT2D eigenvalue weighted by molar-refractivity contribution is -0.113. The average molecular weight is 379 g/mol. The van der Waals surface area contributed by atoms with Crippen LogP contribution >= 0.6 is 11.8 Å². The Hall–Kier alpha value is -2.86. The molecule has 0 fully saturated rings. The van der Waals surface area contributed by atoms with Gasteiger partial charge in [0.25, 0.3) is 5.56 Å². The molecule has 1 heterocycles. The summed E-state index contributed by atoms with van der Waals surface area (Å²) in [5.74, 6) is 0.754. The molecule has 5 nitrogen and oxygen atoms in total. The maximum Gasteiger partial charge on any atom is 0.251 e. The van der Waals surface area contributed by atoms with Crippen LogP contribution in [0.1, 0.15) is 18.2 Å². The first-order chi connectivity index (χ1) is 13.0. The number of aromatic amines is 1. The van der Waals surface area contributed by atoms with Gasteiger partial charge in [0.15, 0.2) is 0 Å². The van der Waals surface area contributed by atoms with Crippen LogP contribution in [0.25, 0.3) is 11.4 Å². The molecule has 0 radical (unpaired) electrons. The fourth-order valence-electron chi connectivity index (χ4n) is 2.63. The van der Waals surface area contributed by atoms with E-state index >= 15 is 0 Å². The van der Waals surface area contributed by atoms with Crippen LogP contribution in [0.3, 0.4) is 0 Å². The molecule has 3 aromatic rings. The second-order valence-electron chi connectivity index (χ2n) is 6.12. The Labute approximate surface area is 162 Å². The Bertz CT molecular complexity index is 1010. The quantitative estimate of drug-likeness (QED) is 0.634. The first-order valence-corrected chi connectivity index (χ1v) is 9.72. The lowest BCUT2D eigenvalue weighted by atomic mass is 10.2. The predicted octanol–water partition coefficient (Wildman–Crippen LogP) is 4.04. The molecule has 27 heavy (non-hydrogen) atoms. The van der Waals surface area contributed by atoms with Crippen LogP contribution in [0.2, 0.25) is 0 Å². The van der Waals surface area contributed by atoms with Gasteiger partial charge in [0.2, 0.25) is 5.91 Å². The summed E-state index contributed by atoms with van der Waals surface area (Å²) < 4.78 is 0. The number of carbonyl (C=O) groups is 1. The van der Waals surface area contributed by atoms with Crippen molar-refractivity contribution in [3.63, 3.8) is 0 Å². The van der Waals surface area contributed by atoms with Gasteiger partial charge < -0.3 is 10.3 Å². The largest absolute Gasteiger partial charge is 0.325 e. The summed E-state index contributed by atoms with van der Waals surface area (Å²) in [6.07, 6.45) is 0.684. The molecule has 0 spiro atoms. The van der Waals surface area contributed by atoms with Gasteiger partial charge >= 0.3 is 0 Å². The zero-order valence-electron chi connectivity index (χ0n) is 15.3. The van der Waals surface area contributed by atoms with E-state index in [2.05, 4.69) is 15.3 Å². The van der Waals surface area contributed by atoms with Crippen LogP contribution in [0.4, 0.5) is 5.69 Å². The van der Waals surface area contributed by atoms with E-state index in [0.29, 0.717) is 23.7 Å². The van der Waals surface area contributed by atoms with E-state index < -0.39 is 0 Å². The van der Waals surface area contributed by atoms with Crippen molar-refractivity contribution in [1.82, 2.24) is 9.97 Å². The number of amides is 1. The van der Waals surface area contributed by atoms with Crippen molar-refractivity contribution in [3.8, 4) is 11.4 Å². The molecule has 0 aliphatic rings. The van der Waals surface area contributed by atoms with Crippen LogP contribution in [-0.2, 0) is 11.2 Å². The average Bonchev–Trinajstić information content (AvgIpc) is 2.67. The van der Waals surface area contributed by atoms with Crippen LogP contribution in [0.15, 0.2) is 64.3 Å². The highest BCUT2D eigenvalue weighted by Crippen LogP contribution is 2.23. The van der Waals surface area contributed by atoms with Crippen molar-refractivity contribution in [1.29, 1.82) is 0 Å². The maximum atomic E-state index is 12.3. The van der Waals surface area contributed by atoms with Crippen LogP contribution in [0, 0.1) is 6.92 Å². The predicted molar refractivity (Wildman–Crippen MR) is 110 cm³/mol. The number of thioether (sulfide) groups is 1. The van der Waals surface area contributed by atoms with Crippen LogP contribution in [0.5, 0.6) is 0 Å². The normalized spacial score (nSPS) is 10.6. The SMILES string of the molecule is CCc1cc(=O)[nH]c(-c2cccc(NC(=O)CSc3ccccc3C)c2)n1. The van der Waals surface area contributed by atoms with Gasteiger partial charge in [0, 0.05) is 27.9 Å². The molecule has 0 aliphatic heterocycles. The topological polar surface area (TPSA) is 74.8 Å². The van der Waals surface area contributed by atoms with Crippen LogP contribution in [-0.4, -0.2) is 21.6 Å². The summed E-state index contributed by atoms with van der Waals surface area (Å²) in [5, 5.41) is 2.91. The lowest BCUT2D eigenvalue weighted by Crippen LogP contribution is -2.14. The van der Waals surface area contributed by atoms with Gasteiger partial charge in [0.05, 0.1) is 5.75 Å². The number of rotatable bonds is 6. The molecule has 0 atom stereocenters. The zero-order valence-corrected chi connectivity index (χ0v) is 16.1. The minimum Gasteiger partial charge on any atom is -0.325 e. The summed E-state index contributed by atoms with van der Waals surface area (Å²) in [6, 6.07) is 16.8. The summed E-state index contributed by atoms with van der Waals surface area (Å²) in [6.45, 7) is 3.98. The number of benzene rings is 2. The third-order valence-corrected chi connectivity index (χ3v) is 5.20. The number of aromatic nitrogens is 2. The molecular formula is C21H21N3O2S. The Morgan fingerprint density at radius 1 is 1.15 bits per heavy atom.